The summed E-state index contributed by atoms with van der Waals surface area (Å²) in [6, 6.07) is 12.5. The molecule has 0 bridgehead atoms. The molecule has 1 unspecified atom stereocenters. The van der Waals surface area contributed by atoms with Crippen molar-refractivity contribution >= 4 is 50.7 Å². The number of rotatable bonds is 3. The molecule has 0 aromatic heterocycles. The smallest absolute Gasteiger partial charge is 0.256 e. The molecule has 20 heavy (non-hydrogen) atoms. The maximum Gasteiger partial charge on any atom is 0.256 e. The van der Waals surface area contributed by atoms with E-state index in [1.54, 1.807) is 18.2 Å². The predicted octanol–water partition coefficient (Wildman–Crippen LogP) is 5.65. The van der Waals surface area contributed by atoms with Gasteiger partial charge in [-0.3, -0.25) is 4.79 Å². The van der Waals surface area contributed by atoms with E-state index >= 15 is 0 Å². The molecule has 0 aliphatic carbocycles. The second-order valence-corrected chi connectivity index (χ2v) is 6.23. The minimum absolute atomic E-state index is 0.180. The van der Waals surface area contributed by atoms with Crippen LogP contribution in [0.2, 0.25) is 5.02 Å². The summed E-state index contributed by atoms with van der Waals surface area (Å²) in [6.07, 6.45) is 0. The van der Waals surface area contributed by atoms with E-state index < -0.39 is 0 Å². The van der Waals surface area contributed by atoms with Crippen LogP contribution in [0.3, 0.4) is 0 Å². The van der Waals surface area contributed by atoms with Crippen molar-refractivity contribution in [3.8, 4) is 0 Å². The normalized spacial score (nSPS) is 12.0. The monoisotopic (exact) mass is 371 g/mol. The number of alkyl halides is 1. The van der Waals surface area contributed by atoms with Crippen LogP contribution in [0.15, 0.2) is 46.9 Å². The lowest BCUT2D eigenvalue weighted by molar-refractivity contribution is 0.102. The fraction of sp³-hybridized carbons (Fsp3) is 0.133. The number of carbonyl (C=O) groups is 1. The third-order valence-electron chi connectivity index (χ3n) is 2.81. The SMILES string of the molecule is CC(Cl)c1ccccc1NC(=O)c1ccc(Cl)cc1Br. The molecule has 2 nitrogen and oxygen atoms in total. The van der Waals surface area contributed by atoms with Crippen molar-refractivity contribution in [2.75, 3.05) is 5.32 Å². The van der Waals surface area contributed by atoms with Gasteiger partial charge in [-0.1, -0.05) is 29.8 Å². The molecule has 0 heterocycles. The van der Waals surface area contributed by atoms with Crippen LogP contribution in [0.1, 0.15) is 28.2 Å². The summed E-state index contributed by atoms with van der Waals surface area (Å²) in [5.74, 6) is -0.210. The summed E-state index contributed by atoms with van der Waals surface area (Å²) in [6.45, 7) is 1.87. The van der Waals surface area contributed by atoms with E-state index in [0.29, 0.717) is 20.7 Å². The van der Waals surface area contributed by atoms with E-state index in [-0.39, 0.29) is 11.3 Å². The molecule has 0 radical (unpaired) electrons. The van der Waals surface area contributed by atoms with Crippen molar-refractivity contribution in [2.45, 2.75) is 12.3 Å². The van der Waals surface area contributed by atoms with E-state index in [2.05, 4.69) is 21.2 Å². The standard InChI is InChI=1S/C15H12BrCl2NO/c1-9(17)11-4-2-3-5-14(11)19-15(20)12-7-6-10(18)8-13(12)16/h2-9H,1H3,(H,19,20). The molecule has 0 saturated heterocycles. The number of carbonyl (C=O) groups excluding carboxylic acids is 1. The molecule has 0 aliphatic heterocycles. The number of benzene rings is 2. The summed E-state index contributed by atoms with van der Waals surface area (Å²) in [7, 11) is 0. The van der Waals surface area contributed by atoms with Crippen LogP contribution in [0.5, 0.6) is 0 Å². The van der Waals surface area contributed by atoms with E-state index in [1.165, 1.54) is 0 Å². The number of halogens is 3. The van der Waals surface area contributed by atoms with Gasteiger partial charge in [-0.05, 0) is 52.7 Å². The van der Waals surface area contributed by atoms with Gasteiger partial charge >= 0.3 is 0 Å². The van der Waals surface area contributed by atoms with Gasteiger partial charge in [0.15, 0.2) is 0 Å². The molecule has 5 heteroatoms. The predicted molar refractivity (Wildman–Crippen MR) is 87.8 cm³/mol. The van der Waals surface area contributed by atoms with Crippen LogP contribution < -0.4 is 5.32 Å². The maximum atomic E-state index is 12.3. The molecule has 104 valence electrons. The number of hydrogen-bond acceptors (Lipinski definition) is 1. The van der Waals surface area contributed by atoms with Gasteiger partial charge in [0.1, 0.15) is 0 Å². The van der Waals surface area contributed by atoms with Gasteiger partial charge in [-0.25, -0.2) is 0 Å². The fourth-order valence-corrected chi connectivity index (χ4v) is 2.87. The Kier molecular flexibility index (Phi) is 5.08. The van der Waals surface area contributed by atoms with Crippen LogP contribution in [-0.4, -0.2) is 5.91 Å². The first-order valence-corrected chi connectivity index (χ1v) is 7.59. The third-order valence-corrected chi connectivity index (χ3v) is 3.94. The minimum Gasteiger partial charge on any atom is -0.322 e. The van der Waals surface area contributed by atoms with Crippen LogP contribution >= 0.6 is 39.1 Å². The molecule has 0 aliphatic rings. The molecule has 1 amide bonds. The Labute approximate surface area is 136 Å². The van der Waals surface area contributed by atoms with Crippen LogP contribution in [-0.2, 0) is 0 Å². The van der Waals surface area contributed by atoms with Crippen LogP contribution in [0.4, 0.5) is 5.69 Å². The zero-order valence-corrected chi connectivity index (χ0v) is 13.8. The largest absolute Gasteiger partial charge is 0.322 e. The molecule has 2 rings (SSSR count). The number of anilines is 1. The lowest BCUT2D eigenvalue weighted by Gasteiger charge is -2.13. The van der Waals surface area contributed by atoms with Crippen molar-refractivity contribution in [1.82, 2.24) is 0 Å². The zero-order valence-electron chi connectivity index (χ0n) is 10.7. The van der Waals surface area contributed by atoms with Crippen molar-refractivity contribution in [3.05, 3.63) is 63.1 Å². The second kappa shape index (κ2) is 6.61. The average molecular weight is 373 g/mol. The molecule has 1 atom stereocenters. The number of hydrogen-bond donors (Lipinski definition) is 1. The topological polar surface area (TPSA) is 29.1 Å². The van der Waals surface area contributed by atoms with E-state index in [1.807, 2.05) is 31.2 Å². The Hall–Kier alpha value is -1.03. The van der Waals surface area contributed by atoms with Crippen LogP contribution in [0.25, 0.3) is 0 Å². The summed E-state index contributed by atoms with van der Waals surface area (Å²) < 4.78 is 0.652. The van der Waals surface area contributed by atoms with E-state index in [4.69, 9.17) is 23.2 Å². The molecule has 2 aromatic carbocycles. The van der Waals surface area contributed by atoms with Crippen molar-refractivity contribution in [2.24, 2.45) is 0 Å². The lowest BCUT2D eigenvalue weighted by Crippen LogP contribution is -2.14. The van der Waals surface area contributed by atoms with Gasteiger partial charge in [-0.15, -0.1) is 11.6 Å². The average Bonchev–Trinajstić information content (AvgIpc) is 2.38. The number of para-hydroxylation sites is 1. The highest BCUT2D eigenvalue weighted by molar-refractivity contribution is 9.10. The molecular formula is C15H12BrCl2NO. The van der Waals surface area contributed by atoms with Gasteiger partial charge in [0.05, 0.1) is 10.9 Å². The fourth-order valence-electron chi connectivity index (χ4n) is 1.82. The number of amides is 1. The summed E-state index contributed by atoms with van der Waals surface area (Å²) in [5.41, 5.74) is 2.11. The Morgan fingerprint density at radius 2 is 1.95 bits per heavy atom. The first-order valence-electron chi connectivity index (χ1n) is 5.98. The Balaban J connectivity index is 2.28. The molecule has 1 N–H and O–H groups in total. The minimum atomic E-state index is -0.210. The zero-order chi connectivity index (χ0) is 14.7. The molecule has 0 fully saturated rings. The van der Waals surface area contributed by atoms with E-state index in [9.17, 15) is 4.79 Å². The first-order chi connectivity index (χ1) is 9.49. The second-order valence-electron chi connectivity index (χ2n) is 4.28. The van der Waals surface area contributed by atoms with Gasteiger partial charge < -0.3 is 5.32 Å². The van der Waals surface area contributed by atoms with Gasteiger partial charge in [0.25, 0.3) is 5.91 Å². The van der Waals surface area contributed by atoms with Crippen molar-refractivity contribution in [3.63, 3.8) is 0 Å². The quantitative estimate of drug-likeness (QED) is 0.692. The van der Waals surface area contributed by atoms with E-state index in [0.717, 1.165) is 5.56 Å². The molecular weight excluding hydrogens is 361 g/mol. The number of nitrogens with one attached hydrogen (secondary N) is 1. The third kappa shape index (κ3) is 3.54. The van der Waals surface area contributed by atoms with Crippen molar-refractivity contribution < 1.29 is 4.79 Å². The highest BCUT2D eigenvalue weighted by Gasteiger charge is 2.14. The van der Waals surface area contributed by atoms with Gasteiger partial charge in [0, 0.05) is 15.2 Å². The maximum absolute atomic E-state index is 12.3. The summed E-state index contributed by atoms with van der Waals surface area (Å²) in [4.78, 5) is 12.3. The van der Waals surface area contributed by atoms with Gasteiger partial charge in [0.2, 0.25) is 0 Å². The highest BCUT2D eigenvalue weighted by atomic mass is 79.9. The lowest BCUT2D eigenvalue weighted by atomic mass is 10.1. The Morgan fingerprint density at radius 1 is 1.25 bits per heavy atom. The highest BCUT2D eigenvalue weighted by Crippen LogP contribution is 2.28. The van der Waals surface area contributed by atoms with Gasteiger partial charge in [-0.2, -0.15) is 0 Å². The summed E-state index contributed by atoms with van der Waals surface area (Å²) in [5, 5.41) is 3.26. The Bertz CT molecular complexity index is 644. The molecule has 2 aromatic rings. The molecule has 0 spiro atoms. The summed E-state index contributed by atoms with van der Waals surface area (Å²) >= 11 is 15.3. The van der Waals surface area contributed by atoms with Crippen LogP contribution in [0, 0.1) is 0 Å². The Morgan fingerprint density at radius 3 is 2.60 bits per heavy atom. The van der Waals surface area contributed by atoms with Crippen molar-refractivity contribution in [1.29, 1.82) is 0 Å². The molecule has 0 saturated carbocycles. The first kappa shape index (κ1) is 15.4.